The van der Waals surface area contributed by atoms with E-state index in [0.29, 0.717) is 28.5 Å². The van der Waals surface area contributed by atoms with Crippen LogP contribution in [0.4, 0.5) is 0 Å². The lowest BCUT2D eigenvalue weighted by atomic mass is 10.1. The molecule has 0 fully saturated rings. The van der Waals surface area contributed by atoms with Crippen LogP contribution < -0.4 is 14.2 Å². The quantitative estimate of drug-likeness (QED) is 0.923. The molecule has 0 amide bonds. The number of aromatic carboxylic acids is 1. The Morgan fingerprint density at radius 1 is 1.30 bits per heavy atom. The molecule has 0 unspecified atom stereocenters. The fourth-order valence-electron chi connectivity index (χ4n) is 1.97. The summed E-state index contributed by atoms with van der Waals surface area (Å²) in [6, 6.07) is 6.62. The van der Waals surface area contributed by atoms with Crippen LogP contribution in [0.3, 0.4) is 0 Å². The number of aromatic nitrogens is 1. The number of ether oxygens (including phenoxy) is 3. The van der Waals surface area contributed by atoms with Crippen molar-refractivity contribution in [1.82, 2.24) is 4.98 Å². The van der Waals surface area contributed by atoms with E-state index in [9.17, 15) is 4.79 Å². The number of nitrogens with zero attached hydrogens (tertiary/aromatic N) is 1. The van der Waals surface area contributed by atoms with Crippen molar-refractivity contribution in [3.8, 4) is 28.5 Å². The fraction of sp³-hybridized carbons (Fsp3) is 0.143. The van der Waals surface area contributed by atoms with E-state index >= 15 is 0 Å². The highest BCUT2D eigenvalue weighted by Crippen LogP contribution is 2.41. The van der Waals surface area contributed by atoms with Crippen LogP contribution in [0.5, 0.6) is 17.2 Å². The van der Waals surface area contributed by atoms with E-state index < -0.39 is 5.97 Å². The Labute approximate surface area is 114 Å². The first-order valence-electron chi connectivity index (χ1n) is 5.86. The standard InChI is InChI=1S/C14H11NO5/c1-18-11-5-13-12(19-7-20-13)4-9(11)10-3-2-8(6-15-10)14(16)17/h2-6H,7H2,1H3,(H,16,17). The van der Waals surface area contributed by atoms with Gasteiger partial charge in [-0.15, -0.1) is 0 Å². The molecule has 0 radical (unpaired) electrons. The summed E-state index contributed by atoms with van der Waals surface area (Å²) in [5.74, 6) is 0.809. The number of carboxylic acid groups (broad SMARTS) is 1. The lowest BCUT2D eigenvalue weighted by Gasteiger charge is -2.09. The molecule has 0 aliphatic carbocycles. The second-order valence-corrected chi connectivity index (χ2v) is 4.14. The maximum absolute atomic E-state index is 10.8. The van der Waals surface area contributed by atoms with Gasteiger partial charge in [0, 0.05) is 17.8 Å². The maximum Gasteiger partial charge on any atom is 0.337 e. The van der Waals surface area contributed by atoms with Gasteiger partial charge in [-0.1, -0.05) is 0 Å². The van der Waals surface area contributed by atoms with E-state index in [1.54, 1.807) is 25.3 Å². The molecule has 6 nitrogen and oxygen atoms in total. The molecule has 2 aromatic rings. The lowest BCUT2D eigenvalue weighted by molar-refractivity contribution is 0.0696. The van der Waals surface area contributed by atoms with E-state index in [1.165, 1.54) is 12.3 Å². The molecule has 0 saturated carbocycles. The van der Waals surface area contributed by atoms with Crippen molar-refractivity contribution in [3.63, 3.8) is 0 Å². The van der Waals surface area contributed by atoms with Crippen LogP contribution in [0.2, 0.25) is 0 Å². The minimum atomic E-state index is -1.01. The number of fused-ring (bicyclic) bond motifs is 1. The Morgan fingerprint density at radius 3 is 2.65 bits per heavy atom. The van der Waals surface area contributed by atoms with Crippen molar-refractivity contribution in [2.45, 2.75) is 0 Å². The molecular weight excluding hydrogens is 262 g/mol. The molecule has 1 N–H and O–H groups in total. The van der Waals surface area contributed by atoms with Crippen LogP contribution in [-0.4, -0.2) is 30.0 Å². The molecule has 1 aliphatic heterocycles. The van der Waals surface area contributed by atoms with Gasteiger partial charge in [-0.25, -0.2) is 4.79 Å². The van der Waals surface area contributed by atoms with Gasteiger partial charge < -0.3 is 19.3 Å². The average Bonchev–Trinajstić information content (AvgIpc) is 2.93. The topological polar surface area (TPSA) is 77.9 Å². The van der Waals surface area contributed by atoms with Crippen LogP contribution in [0.1, 0.15) is 10.4 Å². The summed E-state index contributed by atoms with van der Waals surface area (Å²) in [6.45, 7) is 0.174. The predicted molar refractivity (Wildman–Crippen MR) is 69.3 cm³/mol. The van der Waals surface area contributed by atoms with Gasteiger partial charge in [-0.2, -0.15) is 0 Å². The number of carbonyl (C=O) groups is 1. The molecule has 0 atom stereocenters. The second kappa shape index (κ2) is 4.73. The monoisotopic (exact) mass is 273 g/mol. The largest absolute Gasteiger partial charge is 0.496 e. The first-order valence-corrected chi connectivity index (χ1v) is 5.86. The Morgan fingerprint density at radius 2 is 2.05 bits per heavy atom. The fourth-order valence-corrected chi connectivity index (χ4v) is 1.97. The van der Waals surface area contributed by atoms with Crippen molar-refractivity contribution in [2.75, 3.05) is 13.9 Å². The molecule has 3 rings (SSSR count). The summed E-state index contributed by atoms with van der Waals surface area (Å²) in [6.07, 6.45) is 1.31. The minimum absolute atomic E-state index is 0.133. The predicted octanol–water partition coefficient (Wildman–Crippen LogP) is 2.18. The average molecular weight is 273 g/mol. The molecule has 0 spiro atoms. The minimum Gasteiger partial charge on any atom is -0.496 e. The molecular formula is C14H11NO5. The zero-order valence-corrected chi connectivity index (χ0v) is 10.6. The third kappa shape index (κ3) is 2.01. The van der Waals surface area contributed by atoms with Crippen LogP contribution in [0.25, 0.3) is 11.3 Å². The SMILES string of the molecule is COc1cc2c(cc1-c1ccc(C(=O)O)cn1)OCO2. The molecule has 2 heterocycles. The maximum atomic E-state index is 10.8. The van der Waals surface area contributed by atoms with Crippen LogP contribution in [0.15, 0.2) is 30.5 Å². The van der Waals surface area contributed by atoms with Crippen LogP contribution >= 0.6 is 0 Å². The molecule has 20 heavy (non-hydrogen) atoms. The molecule has 0 saturated heterocycles. The third-order valence-electron chi connectivity index (χ3n) is 2.98. The van der Waals surface area contributed by atoms with Gasteiger partial charge in [0.25, 0.3) is 0 Å². The summed E-state index contributed by atoms with van der Waals surface area (Å²) in [5.41, 5.74) is 1.45. The van der Waals surface area contributed by atoms with Crippen LogP contribution in [-0.2, 0) is 0 Å². The summed E-state index contributed by atoms with van der Waals surface area (Å²) < 4.78 is 15.9. The number of hydrogen-bond acceptors (Lipinski definition) is 5. The zero-order valence-electron chi connectivity index (χ0n) is 10.6. The van der Waals surface area contributed by atoms with Gasteiger partial charge >= 0.3 is 5.97 Å². The normalized spacial score (nSPS) is 12.2. The van der Waals surface area contributed by atoms with E-state index in [2.05, 4.69) is 4.98 Å². The second-order valence-electron chi connectivity index (χ2n) is 4.14. The summed E-state index contributed by atoms with van der Waals surface area (Å²) in [7, 11) is 1.55. The molecule has 1 aliphatic rings. The highest BCUT2D eigenvalue weighted by molar-refractivity contribution is 5.87. The van der Waals surface area contributed by atoms with E-state index in [4.69, 9.17) is 19.3 Å². The Bertz CT molecular complexity index is 666. The van der Waals surface area contributed by atoms with E-state index in [1.807, 2.05) is 0 Å². The van der Waals surface area contributed by atoms with Crippen molar-refractivity contribution >= 4 is 5.97 Å². The van der Waals surface area contributed by atoms with Crippen molar-refractivity contribution in [3.05, 3.63) is 36.0 Å². The van der Waals surface area contributed by atoms with Crippen molar-refractivity contribution in [1.29, 1.82) is 0 Å². The van der Waals surface area contributed by atoms with Gasteiger partial charge in [0.1, 0.15) is 5.75 Å². The van der Waals surface area contributed by atoms with Gasteiger partial charge in [-0.05, 0) is 18.2 Å². The summed E-state index contributed by atoms with van der Waals surface area (Å²) in [4.78, 5) is 15.0. The Balaban J connectivity index is 2.06. The summed E-state index contributed by atoms with van der Waals surface area (Å²) >= 11 is 0. The lowest BCUT2D eigenvalue weighted by Crippen LogP contribution is -1.97. The molecule has 6 heteroatoms. The van der Waals surface area contributed by atoms with Gasteiger partial charge in [0.15, 0.2) is 11.5 Å². The van der Waals surface area contributed by atoms with E-state index in [-0.39, 0.29) is 12.4 Å². The summed E-state index contributed by atoms with van der Waals surface area (Å²) in [5, 5.41) is 8.87. The van der Waals surface area contributed by atoms with Crippen LogP contribution in [0, 0.1) is 0 Å². The highest BCUT2D eigenvalue weighted by Gasteiger charge is 2.19. The Kier molecular flexibility index (Phi) is 2.90. The van der Waals surface area contributed by atoms with E-state index in [0.717, 1.165) is 0 Å². The number of rotatable bonds is 3. The number of hydrogen-bond donors (Lipinski definition) is 1. The first-order chi connectivity index (χ1) is 9.69. The molecule has 1 aromatic carbocycles. The van der Waals surface area contributed by atoms with Gasteiger partial charge in [-0.3, -0.25) is 4.98 Å². The smallest absolute Gasteiger partial charge is 0.337 e. The van der Waals surface area contributed by atoms with Crippen molar-refractivity contribution in [2.24, 2.45) is 0 Å². The van der Waals surface area contributed by atoms with Crippen molar-refractivity contribution < 1.29 is 24.1 Å². The number of carboxylic acids is 1. The number of methoxy groups -OCH3 is 1. The molecule has 102 valence electrons. The molecule has 1 aromatic heterocycles. The molecule has 0 bridgehead atoms. The highest BCUT2D eigenvalue weighted by atomic mass is 16.7. The first kappa shape index (κ1) is 12.3. The van der Waals surface area contributed by atoms with Gasteiger partial charge in [0.05, 0.1) is 18.4 Å². The van der Waals surface area contributed by atoms with Gasteiger partial charge in [0.2, 0.25) is 6.79 Å². The number of pyridine rings is 1. The third-order valence-corrected chi connectivity index (χ3v) is 2.98. The number of benzene rings is 1. The Hall–Kier alpha value is -2.76. The zero-order chi connectivity index (χ0) is 14.1.